The first-order chi connectivity index (χ1) is 11.4. The number of thioether (sulfide) groups is 1. The molecule has 1 unspecified atom stereocenters. The van der Waals surface area contributed by atoms with Crippen LogP contribution < -0.4 is 10.1 Å². The van der Waals surface area contributed by atoms with Crippen molar-refractivity contribution >= 4 is 35.0 Å². The normalized spacial score (nSPS) is 11.9. The molecule has 2 aromatic carbocycles. The van der Waals surface area contributed by atoms with Crippen molar-refractivity contribution < 1.29 is 9.53 Å². The molecule has 5 heteroatoms. The quantitative estimate of drug-likeness (QED) is 0.764. The summed E-state index contributed by atoms with van der Waals surface area (Å²) in [6, 6.07) is 11.5. The molecule has 0 bridgehead atoms. The lowest BCUT2D eigenvalue weighted by Gasteiger charge is -2.15. The lowest BCUT2D eigenvalue weighted by atomic mass is 10.1. The van der Waals surface area contributed by atoms with Gasteiger partial charge in [-0.2, -0.15) is 0 Å². The molecule has 0 aliphatic rings. The summed E-state index contributed by atoms with van der Waals surface area (Å²) in [6.07, 6.45) is 0. The molecule has 0 aliphatic carbocycles. The molecule has 0 aliphatic heterocycles. The van der Waals surface area contributed by atoms with Gasteiger partial charge >= 0.3 is 0 Å². The van der Waals surface area contributed by atoms with Crippen molar-refractivity contribution in [2.24, 2.45) is 0 Å². The topological polar surface area (TPSA) is 38.3 Å². The first-order valence-electron chi connectivity index (χ1n) is 7.73. The number of methoxy groups -OCH3 is 1. The Kier molecular flexibility index (Phi) is 6.58. The van der Waals surface area contributed by atoms with E-state index in [0.717, 1.165) is 22.6 Å². The van der Waals surface area contributed by atoms with E-state index in [1.807, 2.05) is 45.0 Å². The van der Waals surface area contributed by atoms with Gasteiger partial charge in [-0.1, -0.05) is 29.3 Å². The van der Waals surface area contributed by atoms with Crippen molar-refractivity contribution in [3.8, 4) is 5.75 Å². The minimum Gasteiger partial charge on any atom is -0.496 e. The summed E-state index contributed by atoms with van der Waals surface area (Å²) in [5, 5.41) is 3.48. The van der Waals surface area contributed by atoms with E-state index in [0.29, 0.717) is 10.8 Å². The molecule has 2 aromatic rings. The van der Waals surface area contributed by atoms with Crippen molar-refractivity contribution in [1.82, 2.24) is 0 Å². The first-order valence-corrected chi connectivity index (χ1v) is 9.15. The number of rotatable bonds is 6. The van der Waals surface area contributed by atoms with E-state index in [1.54, 1.807) is 24.9 Å². The Labute approximate surface area is 152 Å². The second-order valence-corrected chi connectivity index (χ2v) is 7.48. The highest BCUT2D eigenvalue weighted by Gasteiger charge is 2.16. The van der Waals surface area contributed by atoms with Gasteiger partial charge in [0.1, 0.15) is 5.75 Å². The molecule has 0 aromatic heterocycles. The fourth-order valence-electron chi connectivity index (χ4n) is 2.34. The third kappa shape index (κ3) is 4.92. The SMILES string of the molecule is COc1ccc(Cl)cc1CSC(C)C(=O)Nc1ccc(C)cc1C. The molecular weight excluding hydrogens is 342 g/mol. The van der Waals surface area contributed by atoms with Crippen molar-refractivity contribution in [1.29, 1.82) is 0 Å². The number of halogens is 1. The van der Waals surface area contributed by atoms with Gasteiger partial charge in [-0.15, -0.1) is 11.8 Å². The van der Waals surface area contributed by atoms with Crippen molar-refractivity contribution in [3.05, 3.63) is 58.1 Å². The van der Waals surface area contributed by atoms with Crippen LogP contribution in [0.4, 0.5) is 5.69 Å². The summed E-state index contributed by atoms with van der Waals surface area (Å²) < 4.78 is 5.34. The third-order valence-corrected chi connectivity index (χ3v) is 5.17. The van der Waals surface area contributed by atoms with Gasteiger partial charge in [0, 0.05) is 22.0 Å². The van der Waals surface area contributed by atoms with E-state index in [-0.39, 0.29) is 11.2 Å². The number of hydrogen-bond acceptors (Lipinski definition) is 3. The minimum absolute atomic E-state index is 0.00653. The summed E-state index contributed by atoms with van der Waals surface area (Å²) in [5.41, 5.74) is 4.09. The van der Waals surface area contributed by atoms with Gasteiger partial charge in [0.2, 0.25) is 5.91 Å². The van der Waals surface area contributed by atoms with Crippen molar-refractivity contribution in [2.45, 2.75) is 31.8 Å². The Morgan fingerprint density at radius 3 is 2.67 bits per heavy atom. The molecule has 1 atom stereocenters. The Morgan fingerprint density at radius 1 is 1.25 bits per heavy atom. The van der Waals surface area contributed by atoms with Crippen LogP contribution in [0.2, 0.25) is 5.02 Å². The average Bonchev–Trinajstić information content (AvgIpc) is 2.55. The van der Waals surface area contributed by atoms with Gasteiger partial charge in [0.05, 0.1) is 12.4 Å². The van der Waals surface area contributed by atoms with E-state index < -0.39 is 0 Å². The second-order valence-electron chi connectivity index (χ2n) is 5.72. The van der Waals surface area contributed by atoms with Crippen LogP contribution in [0, 0.1) is 13.8 Å². The maximum Gasteiger partial charge on any atom is 0.237 e. The number of nitrogens with one attached hydrogen (secondary N) is 1. The van der Waals surface area contributed by atoms with Crippen LogP contribution in [0.25, 0.3) is 0 Å². The van der Waals surface area contributed by atoms with Crippen LogP contribution in [0.5, 0.6) is 5.75 Å². The molecule has 1 N–H and O–H groups in total. The average molecular weight is 364 g/mol. The van der Waals surface area contributed by atoms with Crippen LogP contribution in [-0.4, -0.2) is 18.3 Å². The van der Waals surface area contributed by atoms with E-state index >= 15 is 0 Å². The van der Waals surface area contributed by atoms with Crippen molar-refractivity contribution in [2.75, 3.05) is 12.4 Å². The smallest absolute Gasteiger partial charge is 0.237 e. The Hall–Kier alpha value is -1.65. The van der Waals surface area contributed by atoms with Gasteiger partial charge in [-0.3, -0.25) is 4.79 Å². The van der Waals surface area contributed by atoms with Crippen molar-refractivity contribution in [3.63, 3.8) is 0 Å². The molecule has 3 nitrogen and oxygen atoms in total. The second kappa shape index (κ2) is 8.45. The summed E-state index contributed by atoms with van der Waals surface area (Å²) in [7, 11) is 1.63. The maximum atomic E-state index is 12.4. The lowest BCUT2D eigenvalue weighted by molar-refractivity contribution is -0.115. The zero-order chi connectivity index (χ0) is 17.7. The maximum absolute atomic E-state index is 12.4. The highest BCUT2D eigenvalue weighted by molar-refractivity contribution is 7.99. The molecule has 2 rings (SSSR count). The first kappa shape index (κ1) is 18.7. The monoisotopic (exact) mass is 363 g/mol. The predicted octanol–water partition coefficient (Wildman–Crippen LogP) is 5.23. The van der Waals surface area contributed by atoms with Gasteiger partial charge in [0.25, 0.3) is 0 Å². The summed E-state index contributed by atoms with van der Waals surface area (Å²) in [5.74, 6) is 1.44. The van der Waals surface area contributed by atoms with Crippen LogP contribution in [0.15, 0.2) is 36.4 Å². The Morgan fingerprint density at radius 2 is 2.00 bits per heavy atom. The zero-order valence-electron chi connectivity index (χ0n) is 14.4. The van der Waals surface area contributed by atoms with Gasteiger partial charge in [-0.25, -0.2) is 0 Å². The number of hydrogen-bond donors (Lipinski definition) is 1. The molecular formula is C19H22ClNO2S. The number of anilines is 1. The number of ether oxygens (including phenoxy) is 1. The summed E-state index contributed by atoms with van der Waals surface area (Å²) >= 11 is 7.60. The zero-order valence-corrected chi connectivity index (χ0v) is 15.9. The van der Waals surface area contributed by atoms with Crippen LogP contribution in [-0.2, 0) is 10.5 Å². The largest absolute Gasteiger partial charge is 0.496 e. The van der Waals surface area contributed by atoms with Crippen LogP contribution in [0.3, 0.4) is 0 Å². The van der Waals surface area contributed by atoms with Crippen LogP contribution in [0.1, 0.15) is 23.6 Å². The molecule has 0 heterocycles. The highest BCUT2D eigenvalue weighted by atomic mass is 35.5. The molecule has 1 amide bonds. The number of amides is 1. The van der Waals surface area contributed by atoms with E-state index in [4.69, 9.17) is 16.3 Å². The third-order valence-electron chi connectivity index (χ3n) is 3.74. The summed E-state index contributed by atoms with van der Waals surface area (Å²) in [6.45, 7) is 5.94. The fraction of sp³-hybridized carbons (Fsp3) is 0.316. The summed E-state index contributed by atoms with van der Waals surface area (Å²) in [4.78, 5) is 12.4. The number of aryl methyl sites for hydroxylation is 2. The Balaban J connectivity index is 1.98. The van der Waals surface area contributed by atoms with E-state index in [9.17, 15) is 4.79 Å². The molecule has 24 heavy (non-hydrogen) atoms. The minimum atomic E-state index is -0.186. The number of benzene rings is 2. The van der Waals surface area contributed by atoms with Crippen LogP contribution >= 0.6 is 23.4 Å². The predicted molar refractivity (Wildman–Crippen MR) is 103 cm³/mol. The van der Waals surface area contributed by atoms with Gasteiger partial charge in [-0.05, 0) is 50.6 Å². The number of carbonyl (C=O) groups excluding carboxylic acids is 1. The molecule has 0 spiro atoms. The van der Waals surface area contributed by atoms with Gasteiger partial charge in [0.15, 0.2) is 0 Å². The molecule has 0 saturated heterocycles. The lowest BCUT2D eigenvalue weighted by Crippen LogP contribution is -2.23. The molecule has 0 saturated carbocycles. The Bertz CT molecular complexity index is 733. The highest BCUT2D eigenvalue weighted by Crippen LogP contribution is 2.28. The molecule has 128 valence electrons. The van der Waals surface area contributed by atoms with E-state index in [1.165, 1.54) is 5.56 Å². The standard InChI is InChI=1S/C19H22ClNO2S/c1-12-5-7-17(13(2)9-12)21-19(22)14(3)24-11-15-10-16(20)6-8-18(15)23-4/h5-10,14H,11H2,1-4H3,(H,21,22). The number of carbonyl (C=O) groups is 1. The van der Waals surface area contributed by atoms with Gasteiger partial charge < -0.3 is 10.1 Å². The molecule has 0 radical (unpaired) electrons. The molecule has 0 fully saturated rings. The fourth-order valence-corrected chi connectivity index (χ4v) is 3.40. The van der Waals surface area contributed by atoms with E-state index in [2.05, 4.69) is 11.4 Å².